The number of benzene rings is 2. The van der Waals surface area contributed by atoms with Crippen LogP contribution in [0.2, 0.25) is 5.02 Å². The van der Waals surface area contributed by atoms with Gasteiger partial charge in [0.2, 0.25) is 0 Å². The van der Waals surface area contributed by atoms with Crippen molar-refractivity contribution < 1.29 is 14.3 Å². The Kier molecular flexibility index (Phi) is 5.56. The fraction of sp³-hybridized carbons (Fsp3) is 0.364. The van der Waals surface area contributed by atoms with Gasteiger partial charge in [0.1, 0.15) is 0 Å². The molecule has 4 nitrogen and oxygen atoms in total. The summed E-state index contributed by atoms with van der Waals surface area (Å²) in [6, 6.07) is 11.2. The van der Waals surface area contributed by atoms with Gasteiger partial charge in [-0.25, -0.2) is 0 Å². The number of fused-ring (bicyclic) bond motifs is 1. The molecule has 1 atom stereocenters. The quantitative estimate of drug-likeness (QED) is 0.576. The molecule has 1 aliphatic carbocycles. The SMILES string of the molecule is CCOC(=O)CC1(CC)CCc2cc(-c3ccc(N)cc3Cl)ccc2C1=O. The second kappa shape index (κ2) is 7.73. The Balaban J connectivity index is 1.94. The number of nitrogen functional groups attached to an aromatic ring is 1. The van der Waals surface area contributed by atoms with E-state index in [1.54, 1.807) is 13.0 Å². The molecule has 0 saturated heterocycles. The van der Waals surface area contributed by atoms with Gasteiger partial charge in [-0.1, -0.05) is 42.8 Å². The van der Waals surface area contributed by atoms with Gasteiger partial charge in [-0.2, -0.15) is 0 Å². The molecule has 0 saturated carbocycles. The Morgan fingerprint density at radius 2 is 1.93 bits per heavy atom. The minimum absolute atomic E-state index is 0.0363. The molecule has 3 rings (SSSR count). The lowest BCUT2D eigenvalue weighted by Gasteiger charge is -2.35. The van der Waals surface area contributed by atoms with Crippen molar-refractivity contribution in [2.24, 2.45) is 5.41 Å². The van der Waals surface area contributed by atoms with Gasteiger partial charge in [0.05, 0.1) is 18.1 Å². The Labute approximate surface area is 164 Å². The normalized spacial score (nSPS) is 18.9. The van der Waals surface area contributed by atoms with Crippen molar-refractivity contribution in [2.45, 2.75) is 39.5 Å². The maximum atomic E-state index is 13.2. The molecule has 5 heteroatoms. The lowest BCUT2D eigenvalue weighted by molar-refractivity contribution is -0.145. The van der Waals surface area contributed by atoms with Gasteiger partial charge >= 0.3 is 5.97 Å². The zero-order valence-corrected chi connectivity index (χ0v) is 16.4. The van der Waals surface area contributed by atoms with Crippen LogP contribution < -0.4 is 5.73 Å². The number of aryl methyl sites for hydroxylation is 1. The number of rotatable bonds is 5. The average Bonchev–Trinajstić information content (AvgIpc) is 2.64. The lowest BCUT2D eigenvalue weighted by atomic mass is 9.67. The first-order chi connectivity index (χ1) is 12.9. The smallest absolute Gasteiger partial charge is 0.306 e. The Morgan fingerprint density at radius 1 is 1.19 bits per heavy atom. The number of esters is 1. The number of Topliss-reactive ketones (excluding diaryl/α,β-unsaturated/α-hetero) is 1. The van der Waals surface area contributed by atoms with Gasteiger partial charge in [0, 0.05) is 22.2 Å². The number of carbonyl (C=O) groups excluding carboxylic acids is 2. The summed E-state index contributed by atoms with van der Waals surface area (Å²) in [4.78, 5) is 25.3. The average molecular weight is 386 g/mol. The number of anilines is 1. The molecule has 0 aromatic heterocycles. The van der Waals surface area contributed by atoms with Gasteiger partial charge in [0.25, 0.3) is 0 Å². The highest BCUT2D eigenvalue weighted by Crippen LogP contribution is 2.42. The topological polar surface area (TPSA) is 69.4 Å². The predicted octanol–water partition coefficient (Wildman–Crippen LogP) is 5.07. The third kappa shape index (κ3) is 3.72. The van der Waals surface area contributed by atoms with Gasteiger partial charge < -0.3 is 10.5 Å². The van der Waals surface area contributed by atoms with E-state index < -0.39 is 5.41 Å². The molecule has 0 radical (unpaired) electrons. The molecule has 0 heterocycles. The first kappa shape index (κ1) is 19.4. The molecule has 2 aromatic carbocycles. The van der Waals surface area contributed by atoms with Crippen LogP contribution in [0.15, 0.2) is 36.4 Å². The van der Waals surface area contributed by atoms with Crippen molar-refractivity contribution in [2.75, 3.05) is 12.3 Å². The number of hydrogen-bond donors (Lipinski definition) is 1. The first-order valence-corrected chi connectivity index (χ1v) is 9.66. The molecule has 1 unspecified atom stereocenters. The summed E-state index contributed by atoms with van der Waals surface area (Å²) < 4.78 is 5.09. The largest absolute Gasteiger partial charge is 0.466 e. The van der Waals surface area contributed by atoms with Crippen molar-refractivity contribution in [3.05, 3.63) is 52.5 Å². The minimum atomic E-state index is -0.667. The van der Waals surface area contributed by atoms with Crippen LogP contribution in [0.5, 0.6) is 0 Å². The van der Waals surface area contributed by atoms with E-state index in [9.17, 15) is 9.59 Å². The third-order valence-electron chi connectivity index (χ3n) is 5.47. The molecule has 0 amide bonds. The highest BCUT2D eigenvalue weighted by molar-refractivity contribution is 6.33. The van der Waals surface area contributed by atoms with Gasteiger partial charge in [-0.15, -0.1) is 0 Å². The van der Waals surface area contributed by atoms with E-state index in [-0.39, 0.29) is 18.2 Å². The second-order valence-corrected chi connectivity index (χ2v) is 7.46. The highest BCUT2D eigenvalue weighted by atomic mass is 35.5. The van der Waals surface area contributed by atoms with Crippen molar-refractivity contribution >= 4 is 29.0 Å². The van der Waals surface area contributed by atoms with Crippen LogP contribution >= 0.6 is 11.6 Å². The monoisotopic (exact) mass is 385 g/mol. The highest BCUT2D eigenvalue weighted by Gasteiger charge is 2.43. The fourth-order valence-electron chi connectivity index (χ4n) is 3.85. The zero-order valence-electron chi connectivity index (χ0n) is 15.7. The summed E-state index contributed by atoms with van der Waals surface area (Å²) >= 11 is 6.33. The number of ether oxygens (including phenoxy) is 1. The lowest BCUT2D eigenvalue weighted by Crippen LogP contribution is -2.38. The molecule has 142 valence electrons. The van der Waals surface area contributed by atoms with Crippen LogP contribution in [0.25, 0.3) is 11.1 Å². The van der Waals surface area contributed by atoms with Gasteiger partial charge in [0.15, 0.2) is 5.78 Å². The molecule has 0 spiro atoms. The molecule has 27 heavy (non-hydrogen) atoms. The first-order valence-electron chi connectivity index (χ1n) is 9.29. The predicted molar refractivity (Wildman–Crippen MR) is 108 cm³/mol. The summed E-state index contributed by atoms with van der Waals surface area (Å²) in [6.45, 7) is 4.07. The molecule has 1 aliphatic rings. The summed E-state index contributed by atoms with van der Waals surface area (Å²) in [5, 5.41) is 0.585. The number of hydrogen-bond acceptors (Lipinski definition) is 4. The van der Waals surface area contributed by atoms with Gasteiger partial charge in [-0.05, 0) is 49.4 Å². The Morgan fingerprint density at radius 3 is 2.59 bits per heavy atom. The van der Waals surface area contributed by atoms with E-state index in [2.05, 4.69) is 0 Å². The van der Waals surface area contributed by atoms with Crippen LogP contribution in [0, 0.1) is 5.41 Å². The summed E-state index contributed by atoms with van der Waals surface area (Å²) in [5.74, 6) is -0.268. The maximum absolute atomic E-state index is 13.2. The maximum Gasteiger partial charge on any atom is 0.306 e. The van der Waals surface area contributed by atoms with Crippen LogP contribution in [-0.2, 0) is 16.0 Å². The number of halogens is 1. The zero-order chi connectivity index (χ0) is 19.6. The molecular weight excluding hydrogens is 362 g/mol. The van der Waals surface area contributed by atoms with Crippen LogP contribution in [-0.4, -0.2) is 18.4 Å². The van der Waals surface area contributed by atoms with Crippen LogP contribution in [0.3, 0.4) is 0 Å². The van der Waals surface area contributed by atoms with Gasteiger partial charge in [-0.3, -0.25) is 9.59 Å². The molecular formula is C22H24ClNO3. The number of carbonyl (C=O) groups is 2. The molecule has 2 aromatic rings. The molecule has 2 N–H and O–H groups in total. The summed E-state index contributed by atoms with van der Waals surface area (Å²) in [5.41, 5.74) is 9.26. The standard InChI is InChI=1S/C22H24ClNO3/c1-3-22(13-20(25)27-4-2)10-9-15-11-14(5-7-18(15)21(22)26)17-8-6-16(24)12-19(17)23/h5-8,11-12H,3-4,9-10,13,24H2,1-2H3. The molecule has 0 aliphatic heterocycles. The van der Waals surface area contributed by atoms with E-state index in [1.165, 1.54) is 0 Å². The minimum Gasteiger partial charge on any atom is -0.466 e. The fourth-order valence-corrected chi connectivity index (χ4v) is 4.15. The van der Waals surface area contributed by atoms with Crippen molar-refractivity contribution in [3.8, 4) is 11.1 Å². The van der Waals surface area contributed by atoms with E-state index in [0.29, 0.717) is 35.7 Å². The molecule has 0 bridgehead atoms. The summed E-state index contributed by atoms with van der Waals surface area (Å²) in [6.07, 6.45) is 2.15. The van der Waals surface area contributed by atoms with Crippen molar-refractivity contribution in [1.82, 2.24) is 0 Å². The Bertz CT molecular complexity index is 893. The molecule has 0 fully saturated rings. The number of nitrogens with two attached hydrogens (primary N) is 1. The third-order valence-corrected chi connectivity index (χ3v) is 5.79. The van der Waals surface area contributed by atoms with E-state index in [1.807, 2.05) is 37.3 Å². The van der Waals surface area contributed by atoms with Crippen LogP contribution in [0.1, 0.15) is 49.0 Å². The Hall–Kier alpha value is -2.33. The van der Waals surface area contributed by atoms with E-state index >= 15 is 0 Å². The second-order valence-electron chi connectivity index (χ2n) is 7.06. The number of ketones is 1. The summed E-state index contributed by atoms with van der Waals surface area (Å²) in [7, 11) is 0. The van der Waals surface area contributed by atoms with Crippen molar-refractivity contribution in [3.63, 3.8) is 0 Å². The van der Waals surface area contributed by atoms with E-state index in [0.717, 1.165) is 23.1 Å². The van der Waals surface area contributed by atoms with Crippen molar-refractivity contribution in [1.29, 1.82) is 0 Å². The van der Waals surface area contributed by atoms with E-state index in [4.69, 9.17) is 22.1 Å². The van der Waals surface area contributed by atoms with Crippen LogP contribution in [0.4, 0.5) is 5.69 Å².